The SMILES string of the molecule is Nc1ccccc1-c1ccccc1-c1ccccc1-c1c(N)cccc1-c1ccccc1. The smallest absolute Gasteiger partial charge is 0.0400 e. The zero-order valence-corrected chi connectivity index (χ0v) is 17.7. The van der Waals surface area contributed by atoms with Gasteiger partial charge in [-0.25, -0.2) is 0 Å². The first kappa shape index (κ1) is 19.7. The highest BCUT2D eigenvalue weighted by Gasteiger charge is 2.17. The van der Waals surface area contributed by atoms with Crippen molar-refractivity contribution in [2.45, 2.75) is 0 Å². The Morgan fingerprint density at radius 1 is 0.312 bits per heavy atom. The molecule has 4 N–H and O–H groups in total. The molecule has 0 saturated carbocycles. The Hall–Kier alpha value is -4.30. The van der Waals surface area contributed by atoms with Crippen molar-refractivity contribution in [3.63, 3.8) is 0 Å². The molecule has 0 amide bonds. The van der Waals surface area contributed by atoms with Gasteiger partial charge in [-0.05, 0) is 45.5 Å². The molecule has 0 bridgehead atoms. The van der Waals surface area contributed by atoms with Crippen molar-refractivity contribution in [2.24, 2.45) is 0 Å². The van der Waals surface area contributed by atoms with E-state index in [9.17, 15) is 0 Å². The Kier molecular flexibility index (Phi) is 5.19. The summed E-state index contributed by atoms with van der Waals surface area (Å²) in [4.78, 5) is 0. The Morgan fingerprint density at radius 3 is 1.41 bits per heavy atom. The predicted octanol–water partition coefficient (Wildman–Crippen LogP) is 7.52. The molecule has 5 aromatic rings. The first-order chi connectivity index (χ1) is 15.7. The van der Waals surface area contributed by atoms with Crippen LogP contribution in [0, 0.1) is 0 Å². The van der Waals surface area contributed by atoms with Crippen molar-refractivity contribution in [2.75, 3.05) is 11.5 Å². The number of rotatable bonds is 4. The lowest BCUT2D eigenvalue weighted by Crippen LogP contribution is -1.96. The molecule has 0 aliphatic heterocycles. The Morgan fingerprint density at radius 2 is 0.750 bits per heavy atom. The molecule has 2 heteroatoms. The van der Waals surface area contributed by atoms with Crippen molar-refractivity contribution in [3.8, 4) is 44.5 Å². The Balaban J connectivity index is 1.78. The molecule has 5 rings (SSSR count). The lowest BCUT2D eigenvalue weighted by Gasteiger charge is -2.19. The molecule has 0 fully saturated rings. The first-order valence-electron chi connectivity index (χ1n) is 10.7. The zero-order chi connectivity index (χ0) is 21.9. The molecular weight excluding hydrogens is 388 g/mol. The van der Waals surface area contributed by atoms with E-state index in [1.807, 2.05) is 36.4 Å². The van der Waals surface area contributed by atoms with E-state index in [-0.39, 0.29) is 0 Å². The summed E-state index contributed by atoms with van der Waals surface area (Å²) < 4.78 is 0. The van der Waals surface area contributed by atoms with Crippen LogP contribution >= 0.6 is 0 Å². The van der Waals surface area contributed by atoms with Gasteiger partial charge in [0.2, 0.25) is 0 Å². The fourth-order valence-corrected chi connectivity index (χ4v) is 4.36. The Bertz CT molecular complexity index is 1390. The number of benzene rings is 5. The number of anilines is 2. The van der Waals surface area contributed by atoms with Gasteiger partial charge in [-0.15, -0.1) is 0 Å². The average Bonchev–Trinajstić information content (AvgIpc) is 2.85. The molecule has 0 saturated heterocycles. The molecule has 0 atom stereocenters. The van der Waals surface area contributed by atoms with Gasteiger partial charge in [0.05, 0.1) is 0 Å². The van der Waals surface area contributed by atoms with E-state index < -0.39 is 0 Å². The maximum atomic E-state index is 6.59. The summed E-state index contributed by atoms with van der Waals surface area (Å²) in [6.45, 7) is 0. The number of hydrogen-bond acceptors (Lipinski definition) is 2. The van der Waals surface area contributed by atoms with Crippen molar-refractivity contribution in [1.29, 1.82) is 0 Å². The van der Waals surface area contributed by atoms with Crippen molar-refractivity contribution in [1.82, 2.24) is 0 Å². The van der Waals surface area contributed by atoms with Gasteiger partial charge in [-0.3, -0.25) is 0 Å². The molecule has 32 heavy (non-hydrogen) atoms. The van der Waals surface area contributed by atoms with Gasteiger partial charge in [0.1, 0.15) is 0 Å². The van der Waals surface area contributed by atoms with Crippen LogP contribution in [0.2, 0.25) is 0 Å². The lowest BCUT2D eigenvalue weighted by molar-refractivity contribution is 1.55. The Labute approximate surface area is 188 Å². The molecule has 154 valence electrons. The van der Waals surface area contributed by atoms with E-state index in [4.69, 9.17) is 11.5 Å². The molecule has 0 unspecified atom stereocenters. The maximum Gasteiger partial charge on any atom is 0.0400 e. The van der Waals surface area contributed by atoms with Crippen LogP contribution in [0.15, 0.2) is 121 Å². The average molecular weight is 413 g/mol. The van der Waals surface area contributed by atoms with Gasteiger partial charge in [-0.1, -0.05) is 109 Å². The summed E-state index contributed by atoms with van der Waals surface area (Å²) in [5, 5.41) is 0. The number of nitrogen functional groups attached to an aromatic ring is 2. The van der Waals surface area contributed by atoms with Crippen LogP contribution in [0.4, 0.5) is 11.4 Å². The van der Waals surface area contributed by atoms with Crippen molar-refractivity contribution < 1.29 is 0 Å². The van der Waals surface area contributed by atoms with Gasteiger partial charge in [0.25, 0.3) is 0 Å². The highest BCUT2D eigenvalue weighted by atomic mass is 14.6. The largest absolute Gasteiger partial charge is 0.398 e. The monoisotopic (exact) mass is 412 g/mol. The van der Waals surface area contributed by atoms with Gasteiger partial charge < -0.3 is 11.5 Å². The fraction of sp³-hybridized carbons (Fsp3) is 0. The van der Waals surface area contributed by atoms with Crippen LogP contribution in [0.1, 0.15) is 0 Å². The number of hydrogen-bond donors (Lipinski definition) is 2. The summed E-state index contributed by atoms with van der Waals surface area (Å²) in [6.07, 6.45) is 0. The quantitative estimate of drug-likeness (QED) is 0.300. The summed E-state index contributed by atoms with van der Waals surface area (Å²) in [5.41, 5.74) is 23.3. The van der Waals surface area contributed by atoms with Gasteiger partial charge in [-0.2, -0.15) is 0 Å². The number of nitrogens with two attached hydrogens (primary N) is 2. The summed E-state index contributed by atoms with van der Waals surface area (Å²) >= 11 is 0. The standard InChI is InChI=1S/C30H24N2/c31-28-19-9-8-16-26(28)24-14-5-4-13-23(24)25-15-6-7-17-27(25)30-22(18-10-20-29(30)32)21-11-2-1-3-12-21/h1-20H,31-32H2. The summed E-state index contributed by atoms with van der Waals surface area (Å²) in [6, 6.07) is 41.4. The van der Waals surface area contributed by atoms with Crippen LogP contribution in [0.25, 0.3) is 44.5 Å². The molecular formula is C30H24N2. The van der Waals surface area contributed by atoms with E-state index in [0.29, 0.717) is 0 Å². The summed E-state index contributed by atoms with van der Waals surface area (Å²) in [7, 11) is 0. The minimum absolute atomic E-state index is 0.760. The van der Waals surface area contributed by atoms with Gasteiger partial charge in [0.15, 0.2) is 0 Å². The van der Waals surface area contributed by atoms with Crippen LogP contribution in [0.3, 0.4) is 0 Å². The summed E-state index contributed by atoms with van der Waals surface area (Å²) in [5.74, 6) is 0. The fourth-order valence-electron chi connectivity index (χ4n) is 4.36. The van der Waals surface area contributed by atoms with E-state index in [1.165, 1.54) is 0 Å². The van der Waals surface area contributed by atoms with Gasteiger partial charge >= 0.3 is 0 Å². The zero-order valence-electron chi connectivity index (χ0n) is 17.7. The third-order valence-electron chi connectivity index (χ3n) is 5.85. The molecule has 0 radical (unpaired) electrons. The third-order valence-corrected chi connectivity index (χ3v) is 5.85. The van der Waals surface area contributed by atoms with E-state index >= 15 is 0 Å². The second kappa shape index (κ2) is 8.44. The van der Waals surface area contributed by atoms with Crippen LogP contribution < -0.4 is 11.5 Å². The molecule has 0 heterocycles. The van der Waals surface area contributed by atoms with Gasteiger partial charge in [0, 0.05) is 22.5 Å². The number of para-hydroxylation sites is 1. The minimum atomic E-state index is 0.760. The van der Waals surface area contributed by atoms with Crippen molar-refractivity contribution >= 4 is 11.4 Å². The van der Waals surface area contributed by atoms with Crippen LogP contribution in [-0.2, 0) is 0 Å². The highest BCUT2D eigenvalue weighted by Crippen LogP contribution is 2.44. The van der Waals surface area contributed by atoms with E-state index in [0.717, 1.165) is 55.9 Å². The normalized spacial score (nSPS) is 10.8. The molecule has 0 aliphatic carbocycles. The highest BCUT2D eigenvalue weighted by molar-refractivity contribution is 6.00. The molecule has 2 nitrogen and oxygen atoms in total. The topological polar surface area (TPSA) is 52.0 Å². The molecule has 0 spiro atoms. The second-order valence-electron chi connectivity index (χ2n) is 7.81. The molecule has 0 aliphatic rings. The lowest BCUT2D eigenvalue weighted by atomic mass is 9.86. The van der Waals surface area contributed by atoms with Crippen LogP contribution in [0.5, 0.6) is 0 Å². The van der Waals surface area contributed by atoms with E-state index in [1.54, 1.807) is 0 Å². The second-order valence-corrected chi connectivity index (χ2v) is 7.81. The van der Waals surface area contributed by atoms with Crippen LogP contribution in [-0.4, -0.2) is 0 Å². The predicted molar refractivity (Wildman–Crippen MR) is 137 cm³/mol. The third kappa shape index (κ3) is 3.52. The molecule has 0 aromatic heterocycles. The maximum absolute atomic E-state index is 6.59. The minimum Gasteiger partial charge on any atom is -0.398 e. The molecule has 5 aromatic carbocycles. The first-order valence-corrected chi connectivity index (χ1v) is 10.7. The van der Waals surface area contributed by atoms with E-state index in [2.05, 4.69) is 84.9 Å². The van der Waals surface area contributed by atoms with Crippen molar-refractivity contribution in [3.05, 3.63) is 121 Å².